The fraction of sp³-hybridized carbons (Fsp3) is 0.341. The van der Waals surface area contributed by atoms with Crippen LogP contribution < -0.4 is 15.0 Å². The quantitative estimate of drug-likeness (QED) is 0.152. The number of ether oxygens (including phenoxy) is 2. The van der Waals surface area contributed by atoms with Crippen LogP contribution in [0.1, 0.15) is 36.0 Å². The molecule has 0 aromatic heterocycles. The zero-order valence-electron chi connectivity index (χ0n) is 29.7. The van der Waals surface area contributed by atoms with E-state index < -0.39 is 0 Å². The van der Waals surface area contributed by atoms with Gasteiger partial charge in [0.05, 0.1) is 22.3 Å². The molecule has 1 saturated heterocycles. The van der Waals surface area contributed by atoms with E-state index in [1.807, 2.05) is 56.6 Å². The Kier molecular flexibility index (Phi) is 13.7. The van der Waals surface area contributed by atoms with Crippen LogP contribution in [0.3, 0.4) is 0 Å². The van der Waals surface area contributed by atoms with E-state index >= 15 is 0 Å². The highest BCUT2D eigenvalue weighted by Crippen LogP contribution is 2.41. The first kappa shape index (κ1) is 38.4. The van der Waals surface area contributed by atoms with Crippen molar-refractivity contribution in [3.8, 4) is 5.75 Å². The summed E-state index contributed by atoms with van der Waals surface area (Å²) in [4.78, 5) is 20.9. The van der Waals surface area contributed by atoms with Crippen molar-refractivity contribution in [1.82, 2.24) is 9.80 Å². The first-order valence-corrected chi connectivity index (χ1v) is 19.7. The lowest BCUT2D eigenvalue weighted by atomic mass is 10.0. The van der Waals surface area contributed by atoms with Gasteiger partial charge >= 0.3 is 0 Å². The summed E-state index contributed by atoms with van der Waals surface area (Å²) >= 11 is 20.4. The van der Waals surface area contributed by atoms with Crippen LogP contribution in [0.25, 0.3) is 11.8 Å². The van der Waals surface area contributed by atoms with Crippen molar-refractivity contribution < 1.29 is 14.3 Å². The second-order valence-corrected chi connectivity index (χ2v) is 15.6. The number of benzene rings is 4. The van der Waals surface area contributed by atoms with Crippen molar-refractivity contribution in [3.63, 3.8) is 0 Å². The first-order valence-electron chi connectivity index (χ1n) is 17.8. The Bertz CT molecular complexity index is 1880. The molecule has 274 valence electrons. The van der Waals surface area contributed by atoms with E-state index in [2.05, 4.69) is 62.5 Å². The number of likely N-dealkylation sites (N-methyl/N-ethyl adjacent to an activating group) is 1. The molecule has 3 aliphatic heterocycles. The molecule has 0 saturated carbocycles. The molecule has 1 amide bonds. The highest BCUT2D eigenvalue weighted by molar-refractivity contribution is 7.99. The lowest BCUT2D eigenvalue weighted by Gasteiger charge is -2.36. The molecule has 0 spiro atoms. The molecule has 0 aliphatic carbocycles. The Hall–Kier alpha value is -3.37. The minimum absolute atomic E-state index is 0.0809. The number of carbonyl (C=O) groups is 1. The number of amides is 1. The summed E-state index contributed by atoms with van der Waals surface area (Å²) in [6, 6.07) is 26.1. The molecule has 4 aromatic carbocycles. The SMILES string of the molecule is CN(C)CCOC1=Cc2ccccc2Sc2ccc(Cl)cc21.O=C1CCc2ccc(OCCCCN3CCN(c4cccc(Cl)c4Cl)CC3)cc2N1. The fourth-order valence-electron chi connectivity index (χ4n) is 6.29. The van der Waals surface area contributed by atoms with Crippen LogP contribution in [0.5, 0.6) is 5.75 Å². The first-order chi connectivity index (χ1) is 25.2. The predicted molar refractivity (Wildman–Crippen MR) is 218 cm³/mol. The van der Waals surface area contributed by atoms with E-state index in [1.54, 1.807) is 11.8 Å². The Labute approximate surface area is 326 Å². The predicted octanol–water partition coefficient (Wildman–Crippen LogP) is 9.74. The molecular weight excluding hydrogens is 735 g/mol. The number of anilines is 2. The molecule has 0 unspecified atom stereocenters. The summed E-state index contributed by atoms with van der Waals surface area (Å²) in [7, 11) is 4.08. The standard InChI is InChI=1S/C23H27Cl2N3O2.C18H18ClNOS/c24-19-4-3-5-21(23(19)25)28-13-11-27(12-14-28)10-1-2-15-30-18-8-6-17-7-9-22(29)26-20(17)16-18;1-20(2)9-10-21-16-11-13-5-3-4-6-17(13)22-18-8-7-14(19)12-15(16)18/h3-6,8,16H,1-2,7,9-15H2,(H,26,29);3-8,11-12H,9-10H2,1-2H3. The van der Waals surface area contributed by atoms with E-state index in [-0.39, 0.29) is 5.91 Å². The Morgan fingerprint density at radius 2 is 1.65 bits per heavy atom. The number of piperazine rings is 1. The van der Waals surface area contributed by atoms with Gasteiger partial charge < -0.3 is 24.6 Å². The zero-order valence-corrected chi connectivity index (χ0v) is 32.8. The van der Waals surface area contributed by atoms with Gasteiger partial charge in [-0.25, -0.2) is 0 Å². The third-order valence-corrected chi connectivity index (χ3v) is 11.4. The summed E-state index contributed by atoms with van der Waals surface area (Å²) in [5.74, 6) is 1.79. The maximum absolute atomic E-state index is 11.5. The molecule has 7 rings (SSSR count). The number of aryl methyl sites for hydroxylation is 1. The highest BCUT2D eigenvalue weighted by atomic mass is 35.5. The summed E-state index contributed by atoms with van der Waals surface area (Å²) in [5.41, 5.74) is 5.34. The molecular formula is C41H45Cl3N4O3S. The molecule has 11 heteroatoms. The number of hydrogen-bond donors (Lipinski definition) is 1. The van der Waals surface area contributed by atoms with Gasteiger partial charge in [-0.15, -0.1) is 0 Å². The van der Waals surface area contributed by atoms with Crippen molar-refractivity contribution in [1.29, 1.82) is 0 Å². The summed E-state index contributed by atoms with van der Waals surface area (Å²) in [6.07, 6.45) is 5.58. The number of unbranched alkanes of at least 4 members (excludes halogenated alkanes) is 1. The zero-order chi connectivity index (χ0) is 36.5. The average molecular weight is 780 g/mol. The second-order valence-electron chi connectivity index (χ2n) is 13.3. The average Bonchev–Trinajstić information content (AvgIpc) is 3.29. The van der Waals surface area contributed by atoms with E-state index in [4.69, 9.17) is 44.3 Å². The number of nitrogens with one attached hydrogen (secondary N) is 1. The molecule has 1 fully saturated rings. The molecule has 7 nitrogen and oxygen atoms in total. The van der Waals surface area contributed by atoms with Crippen molar-refractivity contribution >= 4 is 75.7 Å². The lowest BCUT2D eigenvalue weighted by molar-refractivity contribution is -0.116. The molecule has 0 radical (unpaired) electrons. The maximum atomic E-state index is 11.5. The van der Waals surface area contributed by atoms with E-state index in [9.17, 15) is 4.79 Å². The molecule has 0 atom stereocenters. The lowest BCUT2D eigenvalue weighted by Crippen LogP contribution is -2.46. The summed E-state index contributed by atoms with van der Waals surface area (Å²) in [5, 5.41) is 4.90. The molecule has 3 heterocycles. The number of fused-ring (bicyclic) bond motifs is 3. The Balaban J connectivity index is 0.000000187. The van der Waals surface area contributed by atoms with Crippen LogP contribution in [0, 0.1) is 0 Å². The molecule has 0 bridgehead atoms. The molecule has 3 aliphatic rings. The van der Waals surface area contributed by atoms with Gasteiger partial charge in [-0.05, 0) is 99.6 Å². The summed E-state index contributed by atoms with van der Waals surface area (Å²) < 4.78 is 12.0. The van der Waals surface area contributed by atoms with Crippen molar-refractivity contribution in [3.05, 3.63) is 111 Å². The van der Waals surface area contributed by atoms with Crippen molar-refractivity contribution in [2.24, 2.45) is 0 Å². The number of rotatable bonds is 11. The number of carbonyl (C=O) groups excluding carboxylic acids is 1. The minimum atomic E-state index is 0.0809. The Morgan fingerprint density at radius 3 is 2.48 bits per heavy atom. The molecule has 52 heavy (non-hydrogen) atoms. The smallest absolute Gasteiger partial charge is 0.224 e. The van der Waals surface area contributed by atoms with Crippen LogP contribution in [0.15, 0.2) is 88.7 Å². The van der Waals surface area contributed by atoms with E-state index in [1.165, 1.54) is 20.9 Å². The van der Waals surface area contributed by atoms with Gasteiger partial charge in [-0.2, -0.15) is 0 Å². The van der Waals surface area contributed by atoms with Crippen LogP contribution in [-0.4, -0.2) is 82.3 Å². The minimum Gasteiger partial charge on any atom is -0.494 e. The third-order valence-electron chi connectivity index (χ3n) is 9.19. The third kappa shape index (κ3) is 10.4. The van der Waals surface area contributed by atoms with Gasteiger partial charge in [0.15, 0.2) is 0 Å². The van der Waals surface area contributed by atoms with Crippen LogP contribution in [0.2, 0.25) is 15.1 Å². The van der Waals surface area contributed by atoms with Crippen LogP contribution in [0.4, 0.5) is 11.4 Å². The van der Waals surface area contributed by atoms with Gasteiger partial charge in [0, 0.05) is 71.3 Å². The normalized spacial score (nSPS) is 15.3. The maximum Gasteiger partial charge on any atom is 0.224 e. The molecule has 1 N–H and O–H groups in total. The van der Waals surface area contributed by atoms with Crippen molar-refractivity contribution in [2.75, 3.05) is 76.8 Å². The van der Waals surface area contributed by atoms with Gasteiger partial charge in [0.25, 0.3) is 0 Å². The van der Waals surface area contributed by atoms with Gasteiger partial charge in [-0.3, -0.25) is 9.69 Å². The highest BCUT2D eigenvalue weighted by Gasteiger charge is 2.20. The number of hydrogen-bond acceptors (Lipinski definition) is 7. The van der Waals surface area contributed by atoms with Gasteiger partial charge in [0.2, 0.25) is 5.91 Å². The molecule has 4 aromatic rings. The van der Waals surface area contributed by atoms with Crippen LogP contribution in [-0.2, 0) is 16.0 Å². The number of halogens is 3. The topological polar surface area (TPSA) is 57.3 Å². The van der Waals surface area contributed by atoms with E-state index in [0.29, 0.717) is 29.7 Å². The van der Waals surface area contributed by atoms with Crippen molar-refractivity contribution in [2.45, 2.75) is 35.5 Å². The number of nitrogens with zero attached hydrogens (tertiary/aromatic N) is 3. The largest absolute Gasteiger partial charge is 0.494 e. The monoisotopic (exact) mass is 778 g/mol. The summed E-state index contributed by atoms with van der Waals surface area (Å²) in [6.45, 7) is 7.24. The van der Waals surface area contributed by atoms with Gasteiger partial charge in [0.1, 0.15) is 18.1 Å². The van der Waals surface area contributed by atoms with Gasteiger partial charge in [-0.1, -0.05) is 76.9 Å². The Morgan fingerprint density at radius 1 is 0.827 bits per heavy atom. The fourth-order valence-corrected chi connectivity index (χ4v) is 7.91. The second kappa shape index (κ2) is 18.6. The van der Waals surface area contributed by atoms with E-state index in [0.717, 1.165) is 92.0 Å². The van der Waals surface area contributed by atoms with Crippen LogP contribution >= 0.6 is 46.6 Å².